The summed E-state index contributed by atoms with van der Waals surface area (Å²) in [6.45, 7) is 8.46. The Labute approximate surface area is 180 Å². The third kappa shape index (κ3) is 5.08. The number of rotatable bonds is 7. The number of carbonyl (C=O) groups excluding carboxylic acids is 1. The van der Waals surface area contributed by atoms with E-state index >= 15 is 0 Å². The summed E-state index contributed by atoms with van der Waals surface area (Å²) < 4.78 is 5.73. The van der Waals surface area contributed by atoms with Crippen molar-refractivity contribution in [3.63, 3.8) is 0 Å². The molecule has 0 radical (unpaired) electrons. The van der Waals surface area contributed by atoms with Crippen LogP contribution in [0.4, 0.5) is 5.69 Å². The molecule has 0 atom stereocenters. The van der Waals surface area contributed by atoms with Crippen molar-refractivity contribution in [2.45, 2.75) is 39.3 Å². The lowest BCUT2D eigenvalue weighted by Crippen LogP contribution is -2.33. The van der Waals surface area contributed by atoms with Crippen LogP contribution in [0.3, 0.4) is 0 Å². The predicted molar refractivity (Wildman–Crippen MR) is 118 cm³/mol. The Kier molecular flexibility index (Phi) is 6.91. The van der Waals surface area contributed by atoms with Gasteiger partial charge in [-0.25, -0.2) is 0 Å². The van der Waals surface area contributed by atoms with Crippen LogP contribution in [0.5, 0.6) is 0 Å². The highest BCUT2D eigenvalue weighted by Gasteiger charge is 2.18. The van der Waals surface area contributed by atoms with Crippen LogP contribution in [0, 0.1) is 39.0 Å². The molecular formula is C23H24N4O2S. The molecule has 0 aliphatic carbocycles. The van der Waals surface area contributed by atoms with Gasteiger partial charge in [0.15, 0.2) is 0 Å². The lowest BCUT2D eigenvalue weighted by Gasteiger charge is -2.22. The van der Waals surface area contributed by atoms with Gasteiger partial charge in [-0.3, -0.25) is 4.79 Å². The summed E-state index contributed by atoms with van der Waals surface area (Å²) in [5.41, 5.74) is 6.25. The summed E-state index contributed by atoms with van der Waals surface area (Å²) in [6, 6.07) is 13.9. The topological polar surface area (TPSA) is 83.0 Å². The molecule has 7 heteroatoms. The second kappa shape index (κ2) is 9.59. The number of hydrogen-bond donors (Lipinski definition) is 0. The second-order valence-electron chi connectivity index (χ2n) is 7.18. The number of benzene rings is 2. The van der Waals surface area contributed by atoms with E-state index in [4.69, 9.17) is 9.68 Å². The summed E-state index contributed by atoms with van der Waals surface area (Å²) in [4.78, 5) is 14.5. The first-order valence-corrected chi connectivity index (χ1v) is 10.7. The average molecular weight is 421 g/mol. The molecule has 0 aliphatic rings. The SMILES string of the molecule is Cc1ccc(-c2nnc(SCC(=O)N(CCC#N)c3ccc(C)c(C)c3)o2)cc1C. The zero-order valence-electron chi connectivity index (χ0n) is 17.6. The molecule has 30 heavy (non-hydrogen) atoms. The number of aryl methyl sites for hydroxylation is 4. The lowest BCUT2D eigenvalue weighted by atomic mass is 10.1. The van der Waals surface area contributed by atoms with E-state index in [1.54, 1.807) is 4.90 Å². The van der Waals surface area contributed by atoms with Gasteiger partial charge in [-0.05, 0) is 74.2 Å². The number of anilines is 1. The number of amides is 1. The molecule has 0 bridgehead atoms. The van der Waals surface area contributed by atoms with Gasteiger partial charge in [-0.15, -0.1) is 10.2 Å². The van der Waals surface area contributed by atoms with E-state index in [1.165, 1.54) is 17.3 Å². The van der Waals surface area contributed by atoms with Crippen LogP contribution in [0.2, 0.25) is 0 Å². The standard InChI is InChI=1S/C23H24N4O2S/c1-15-6-8-19(12-17(15)3)22-25-26-23(29-22)30-14-21(28)27(11-5-10-24)20-9-7-16(2)18(4)13-20/h6-9,12-13H,5,11,14H2,1-4H3. The molecule has 1 aromatic heterocycles. The monoisotopic (exact) mass is 420 g/mol. The van der Waals surface area contributed by atoms with Gasteiger partial charge >= 0.3 is 0 Å². The third-order valence-corrected chi connectivity index (χ3v) is 5.83. The van der Waals surface area contributed by atoms with Gasteiger partial charge in [-0.1, -0.05) is 23.9 Å². The highest BCUT2D eigenvalue weighted by atomic mass is 32.2. The average Bonchev–Trinajstić information content (AvgIpc) is 3.20. The molecule has 0 fully saturated rings. The normalized spacial score (nSPS) is 10.6. The minimum Gasteiger partial charge on any atom is -0.411 e. The van der Waals surface area contributed by atoms with E-state index in [-0.39, 0.29) is 18.1 Å². The highest BCUT2D eigenvalue weighted by molar-refractivity contribution is 7.99. The molecule has 1 heterocycles. The maximum Gasteiger partial charge on any atom is 0.277 e. The van der Waals surface area contributed by atoms with E-state index in [2.05, 4.69) is 16.3 Å². The fourth-order valence-electron chi connectivity index (χ4n) is 2.91. The highest BCUT2D eigenvalue weighted by Crippen LogP contribution is 2.26. The fourth-order valence-corrected chi connectivity index (χ4v) is 3.55. The van der Waals surface area contributed by atoms with Gasteiger partial charge in [0.05, 0.1) is 18.2 Å². The van der Waals surface area contributed by atoms with Gasteiger partial charge in [0.2, 0.25) is 11.8 Å². The molecule has 3 rings (SSSR count). The van der Waals surface area contributed by atoms with Crippen molar-refractivity contribution in [1.29, 1.82) is 5.26 Å². The summed E-state index contributed by atoms with van der Waals surface area (Å²) in [6.07, 6.45) is 0.265. The van der Waals surface area contributed by atoms with E-state index in [1.807, 2.05) is 64.1 Å². The first-order valence-electron chi connectivity index (χ1n) is 9.67. The zero-order valence-corrected chi connectivity index (χ0v) is 18.4. The van der Waals surface area contributed by atoms with Gasteiger partial charge in [0.1, 0.15) is 0 Å². The minimum absolute atomic E-state index is 0.107. The van der Waals surface area contributed by atoms with Crippen molar-refractivity contribution >= 4 is 23.4 Å². The molecule has 2 aromatic carbocycles. The van der Waals surface area contributed by atoms with Crippen LogP contribution in [-0.4, -0.2) is 28.4 Å². The first-order chi connectivity index (χ1) is 14.4. The van der Waals surface area contributed by atoms with E-state index in [0.29, 0.717) is 17.7 Å². The number of thioether (sulfide) groups is 1. The number of nitrogens with zero attached hydrogens (tertiary/aromatic N) is 4. The van der Waals surface area contributed by atoms with Crippen molar-refractivity contribution in [2.75, 3.05) is 17.2 Å². The Bertz CT molecular complexity index is 1100. The van der Waals surface area contributed by atoms with E-state index in [0.717, 1.165) is 27.9 Å². The fraction of sp³-hybridized carbons (Fsp3) is 0.304. The Balaban J connectivity index is 1.70. The molecule has 0 N–H and O–H groups in total. The largest absolute Gasteiger partial charge is 0.411 e. The number of nitriles is 1. The van der Waals surface area contributed by atoms with Crippen molar-refractivity contribution in [3.8, 4) is 17.5 Å². The van der Waals surface area contributed by atoms with E-state index < -0.39 is 0 Å². The van der Waals surface area contributed by atoms with E-state index in [9.17, 15) is 4.79 Å². The Hall–Kier alpha value is -3.11. The number of aromatic nitrogens is 2. The number of carbonyl (C=O) groups is 1. The molecule has 1 amide bonds. The van der Waals surface area contributed by atoms with Crippen molar-refractivity contribution in [2.24, 2.45) is 0 Å². The van der Waals surface area contributed by atoms with Gasteiger partial charge in [0, 0.05) is 17.8 Å². The molecule has 154 valence electrons. The van der Waals surface area contributed by atoms with Crippen molar-refractivity contribution in [1.82, 2.24) is 10.2 Å². The Morgan fingerprint density at radius 2 is 1.73 bits per heavy atom. The molecule has 0 spiro atoms. The summed E-state index contributed by atoms with van der Waals surface area (Å²) in [5, 5.41) is 17.5. The summed E-state index contributed by atoms with van der Waals surface area (Å²) in [7, 11) is 0. The third-order valence-electron chi connectivity index (χ3n) is 5.03. The summed E-state index contributed by atoms with van der Waals surface area (Å²) in [5.74, 6) is 0.473. The van der Waals surface area contributed by atoms with Crippen LogP contribution in [0.25, 0.3) is 11.5 Å². The first kappa shape index (κ1) is 21.6. The molecule has 0 saturated carbocycles. The minimum atomic E-state index is -0.107. The van der Waals surface area contributed by atoms with Crippen LogP contribution in [-0.2, 0) is 4.79 Å². The van der Waals surface area contributed by atoms with Crippen LogP contribution in [0.1, 0.15) is 28.7 Å². The molecule has 0 saturated heterocycles. The zero-order chi connectivity index (χ0) is 21.7. The maximum absolute atomic E-state index is 12.9. The Morgan fingerprint density at radius 1 is 1.03 bits per heavy atom. The lowest BCUT2D eigenvalue weighted by molar-refractivity contribution is -0.116. The molecule has 6 nitrogen and oxygen atoms in total. The smallest absolute Gasteiger partial charge is 0.277 e. The van der Waals surface area contributed by atoms with Gasteiger partial charge < -0.3 is 9.32 Å². The van der Waals surface area contributed by atoms with Crippen LogP contribution in [0.15, 0.2) is 46.0 Å². The van der Waals surface area contributed by atoms with Gasteiger partial charge in [-0.2, -0.15) is 5.26 Å². The number of hydrogen-bond acceptors (Lipinski definition) is 6. The maximum atomic E-state index is 12.9. The Morgan fingerprint density at radius 3 is 2.40 bits per heavy atom. The second-order valence-corrected chi connectivity index (χ2v) is 8.11. The molecule has 0 aliphatic heterocycles. The van der Waals surface area contributed by atoms with Crippen LogP contribution < -0.4 is 4.90 Å². The predicted octanol–water partition coefficient (Wildman–Crippen LogP) is 5.01. The molecular weight excluding hydrogens is 396 g/mol. The van der Waals surface area contributed by atoms with Gasteiger partial charge in [0.25, 0.3) is 5.22 Å². The molecule has 0 unspecified atom stereocenters. The quantitative estimate of drug-likeness (QED) is 0.500. The van der Waals surface area contributed by atoms with Crippen molar-refractivity contribution in [3.05, 3.63) is 58.7 Å². The van der Waals surface area contributed by atoms with Crippen molar-refractivity contribution < 1.29 is 9.21 Å². The molecule has 3 aromatic rings. The summed E-state index contributed by atoms with van der Waals surface area (Å²) >= 11 is 1.20. The van der Waals surface area contributed by atoms with Crippen LogP contribution >= 0.6 is 11.8 Å².